The molecule has 0 aliphatic rings. The van der Waals surface area contributed by atoms with Gasteiger partial charge in [-0.3, -0.25) is 14.5 Å². The van der Waals surface area contributed by atoms with Gasteiger partial charge in [0.1, 0.15) is 6.54 Å². The summed E-state index contributed by atoms with van der Waals surface area (Å²) >= 11 is 0. The molecule has 0 spiro atoms. The molecule has 0 aromatic rings. The molecule has 0 saturated heterocycles. The van der Waals surface area contributed by atoms with Crippen molar-refractivity contribution in [3.8, 4) is 0 Å². The predicted molar refractivity (Wildman–Crippen MR) is 106 cm³/mol. The number of carbonyl (C=O) groups excluding carboxylic acids is 3. The maximum absolute atomic E-state index is 12.3. The lowest BCUT2D eigenvalue weighted by Crippen LogP contribution is -2.49. The molecule has 0 heterocycles. The number of unbranched alkanes of at least 4 members (excludes halogenated alkanes) is 8. The number of carbonyl (C=O) groups is 3. The molecule has 2 amide bonds. The van der Waals surface area contributed by atoms with Crippen LogP contribution in [0.1, 0.15) is 84.5 Å². The van der Waals surface area contributed by atoms with Crippen LogP contribution in [0.3, 0.4) is 0 Å². The predicted octanol–water partition coefficient (Wildman–Crippen LogP) is 2.50. The highest BCUT2D eigenvalue weighted by Gasteiger charge is 2.20. The SMILES string of the molecule is CCCCCCCCCCCC(=O)N(CCC[N+](C)(C)CC(=O)[O-])C(C)=O. The fourth-order valence-electron chi connectivity index (χ4n) is 3.26. The summed E-state index contributed by atoms with van der Waals surface area (Å²) in [7, 11) is 3.61. The molecule has 6 heteroatoms. The van der Waals surface area contributed by atoms with E-state index in [0.29, 0.717) is 25.9 Å². The first-order valence-corrected chi connectivity index (χ1v) is 10.5. The van der Waals surface area contributed by atoms with Gasteiger partial charge >= 0.3 is 0 Å². The molecule has 0 bridgehead atoms. The Labute approximate surface area is 165 Å². The van der Waals surface area contributed by atoms with E-state index in [1.54, 1.807) is 14.1 Å². The van der Waals surface area contributed by atoms with Gasteiger partial charge in [-0.25, -0.2) is 0 Å². The fraction of sp³-hybridized carbons (Fsp3) is 0.857. The van der Waals surface area contributed by atoms with Crippen LogP contribution in [0.25, 0.3) is 0 Å². The Balaban J connectivity index is 4.01. The smallest absolute Gasteiger partial charge is 0.229 e. The van der Waals surface area contributed by atoms with E-state index in [9.17, 15) is 19.5 Å². The van der Waals surface area contributed by atoms with E-state index in [2.05, 4.69) is 6.92 Å². The lowest BCUT2D eigenvalue weighted by atomic mass is 10.1. The molecule has 0 rings (SSSR count). The van der Waals surface area contributed by atoms with Crippen LogP contribution in [0.15, 0.2) is 0 Å². The van der Waals surface area contributed by atoms with Gasteiger partial charge in [-0.1, -0.05) is 58.3 Å². The van der Waals surface area contributed by atoms with Crippen molar-refractivity contribution in [2.75, 3.05) is 33.7 Å². The van der Waals surface area contributed by atoms with Crippen LogP contribution in [0.2, 0.25) is 0 Å². The average Bonchev–Trinajstić information content (AvgIpc) is 2.55. The van der Waals surface area contributed by atoms with Crippen LogP contribution >= 0.6 is 0 Å². The topological polar surface area (TPSA) is 77.5 Å². The third-order valence-electron chi connectivity index (χ3n) is 4.88. The molecule has 0 aliphatic carbocycles. The minimum absolute atomic E-state index is 0.0769. The second-order valence-electron chi connectivity index (χ2n) is 8.19. The van der Waals surface area contributed by atoms with Crippen LogP contribution in [-0.2, 0) is 14.4 Å². The number of carboxylic acid groups (broad SMARTS) is 1. The number of rotatable bonds is 16. The molecule has 0 radical (unpaired) electrons. The molecule has 27 heavy (non-hydrogen) atoms. The van der Waals surface area contributed by atoms with Crippen molar-refractivity contribution in [2.24, 2.45) is 0 Å². The van der Waals surface area contributed by atoms with Crippen molar-refractivity contribution in [1.29, 1.82) is 0 Å². The largest absolute Gasteiger partial charge is 0.544 e. The van der Waals surface area contributed by atoms with Crippen molar-refractivity contribution in [3.05, 3.63) is 0 Å². The number of quaternary nitrogens is 1. The van der Waals surface area contributed by atoms with Gasteiger partial charge in [0.2, 0.25) is 11.8 Å². The Morgan fingerprint density at radius 1 is 0.852 bits per heavy atom. The van der Waals surface area contributed by atoms with Crippen LogP contribution in [-0.4, -0.2) is 60.9 Å². The van der Waals surface area contributed by atoms with Gasteiger partial charge in [-0.2, -0.15) is 0 Å². The van der Waals surface area contributed by atoms with E-state index in [0.717, 1.165) is 19.3 Å². The van der Waals surface area contributed by atoms with Gasteiger partial charge in [0.05, 0.1) is 26.6 Å². The molecular formula is C21H40N2O4. The highest BCUT2D eigenvalue weighted by molar-refractivity contribution is 5.94. The summed E-state index contributed by atoms with van der Waals surface area (Å²) in [5.74, 6) is -1.44. The van der Waals surface area contributed by atoms with E-state index in [1.165, 1.54) is 50.3 Å². The number of hydrogen-bond donors (Lipinski definition) is 0. The number of amides is 2. The van der Waals surface area contributed by atoms with Gasteiger partial charge in [0.15, 0.2) is 0 Å². The molecule has 0 aliphatic heterocycles. The standard InChI is InChI=1S/C21H40N2O4/c1-5-6-7-8-9-10-11-12-13-15-20(25)22(19(2)24)16-14-17-23(3,4)18-21(26)27/h5-18H2,1-4H3. The first-order chi connectivity index (χ1) is 12.7. The van der Waals surface area contributed by atoms with Crippen molar-refractivity contribution < 1.29 is 24.0 Å². The molecule has 0 fully saturated rings. The van der Waals surface area contributed by atoms with Crippen LogP contribution in [0, 0.1) is 0 Å². The number of imide groups is 1. The molecule has 0 saturated carbocycles. The lowest BCUT2D eigenvalue weighted by Gasteiger charge is -2.31. The molecule has 6 nitrogen and oxygen atoms in total. The maximum Gasteiger partial charge on any atom is 0.229 e. The van der Waals surface area contributed by atoms with E-state index in [-0.39, 0.29) is 22.8 Å². The normalized spacial score (nSPS) is 11.4. The van der Waals surface area contributed by atoms with Gasteiger partial charge < -0.3 is 14.4 Å². The molecule has 0 unspecified atom stereocenters. The van der Waals surface area contributed by atoms with Crippen LogP contribution < -0.4 is 5.11 Å². The van der Waals surface area contributed by atoms with Crippen molar-refractivity contribution in [3.63, 3.8) is 0 Å². The Hall–Kier alpha value is -1.43. The lowest BCUT2D eigenvalue weighted by molar-refractivity contribution is -0.884. The number of aliphatic carboxylic acids is 1. The zero-order valence-corrected chi connectivity index (χ0v) is 17.9. The third-order valence-corrected chi connectivity index (χ3v) is 4.88. The minimum Gasteiger partial charge on any atom is -0.544 e. The highest BCUT2D eigenvalue weighted by Crippen LogP contribution is 2.11. The zero-order valence-electron chi connectivity index (χ0n) is 17.9. The average molecular weight is 385 g/mol. The van der Waals surface area contributed by atoms with E-state index in [1.807, 2.05) is 0 Å². The van der Waals surface area contributed by atoms with Gasteiger partial charge in [-0.05, 0) is 6.42 Å². The molecule has 0 aromatic heterocycles. The van der Waals surface area contributed by atoms with Gasteiger partial charge in [0, 0.05) is 26.3 Å². The van der Waals surface area contributed by atoms with Crippen molar-refractivity contribution in [2.45, 2.75) is 84.5 Å². The summed E-state index contributed by atoms with van der Waals surface area (Å²) < 4.78 is 0.278. The Morgan fingerprint density at radius 2 is 1.37 bits per heavy atom. The molecule has 0 N–H and O–H groups in total. The highest BCUT2D eigenvalue weighted by atomic mass is 16.4. The summed E-state index contributed by atoms with van der Waals surface area (Å²) in [6.07, 6.45) is 11.7. The molecule has 158 valence electrons. The first-order valence-electron chi connectivity index (χ1n) is 10.5. The quantitative estimate of drug-likeness (QED) is 0.303. The Morgan fingerprint density at radius 3 is 1.85 bits per heavy atom. The van der Waals surface area contributed by atoms with E-state index < -0.39 is 5.97 Å². The summed E-state index contributed by atoms with van der Waals surface area (Å²) in [5.41, 5.74) is 0. The van der Waals surface area contributed by atoms with Crippen LogP contribution in [0.5, 0.6) is 0 Å². The monoisotopic (exact) mass is 384 g/mol. The summed E-state index contributed by atoms with van der Waals surface area (Å²) in [6.45, 7) is 4.47. The van der Waals surface area contributed by atoms with Crippen molar-refractivity contribution >= 4 is 17.8 Å². The van der Waals surface area contributed by atoms with Crippen molar-refractivity contribution in [1.82, 2.24) is 4.90 Å². The van der Waals surface area contributed by atoms with E-state index in [4.69, 9.17) is 0 Å². The van der Waals surface area contributed by atoms with E-state index >= 15 is 0 Å². The first kappa shape index (κ1) is 25.6. The fourth-order valence-corrected chi connectivity index (χ4v) is 3.26. The number of carboxylic acids is 1. The summed E-state index contributed by atoms with van der Waals surface area (Å²) in [6, 6.07) is 0. The second-order valence-corrected chi connectivity index (χ2v) is 8.19. The molecule has 0 aromatic carbocycles. The molecular weight excluding hydrogens is 344 g/mol. The zero-order chi connectivity index (χ0) is 20.7. The summed E-state index contributed by atoms with van der Waals surface area (Å²) in [5, 5.41) is 10.7. The van der Waals surface area contributed by atoms with Gasteiger partial charge in [-0.15, -0.1) is 0 Å². The summed E-state index contributed by atoms with van der Waals surface area (Å²) in [4.78, 5) is 36.1. The Kier molecular flexibility index (Phi) is 13.8. The molecule has 0 atom stereocenters. The Bertz CT molecular complexity index is 449. The maximum atomic E-state index is 12.3. The number of hydrogen-bond acceptors (Lipinski definition) is 4. The second kappa shape index (κ2) is 14.6. The van der Waals surface area contributed by atoms with Crippen LogP contribution in [0.4, 0.5) is 0 Å². The third kappa shape index (κ3) is 14.3. The number of nitrogens with zero attached hydrogens (tertiary/aromatic N) is 2. The number of likely N-dealkylation sites (N-methyl/N-ethyl adjacent to an activating group) is 1. The minimum atomic E-state index is -1.09. The van der Waals surface area contributed by atoms with Gasteiger partial charge in [0.25, 0.3) is 0 Å².